The minimum absolute atomic E-state index is 0.831. The summed E-state index contributed by atoms with van der Waals surface area (Å²) in [5.74, 6) is 0.831. The number of aromatic nitrogens is 2. The van der Waals surface area contributed by atoms with Gasteiger partial charge in [-0.05, 0) is 37.4 Å². The zero-order valence-corrected chi connectivity index (χ0v) is 11.5. The molecule has 0 bridgehead atoms. The molecule has 0 spiro atoms. The van der Waals surface area contributed by atoms with Gasteiger partial charge in [0.2, 0.25) is 0 Å². The first-order chi connectivity index (χ1) is 9.31. The van der Waals surface area contributed by atoms with Crippen molar-refractivity contribution in [1.82, 2.24) is 14.7 Å². The van der Waals surface area contributed by atoms with Gasteiger partial charge in [0, 0.05) is 24.8 Å². The normalized spacial score (nSPS) is 20.6. The minimum atomic E-state index is 0.831. The van der Waals surface area contributed by atoms with Crippen molar-refractivity contribution in [1.29, 1.82) is 0 Å². The molecule has 0 N–H and O–H groups in total. The van der Waals surface area contributed by atoms with Crippen LogP contribution in [0.2, 0.25) is 0 Å². The van der Waals surface area contributed by atoms with Gasteiger partial charge in [0.1, 0.15) is 0 Å². The van der Waals surface area contributed by atoms with E-state index in [2.05, 4.69) is 35.3 Å². The molecule has 1 fully saturated rings. The minimum Gasteiger partial charge on any atom is -0.299 e. The molecule has 3 rings (SSSR count). The van der Waals surface area contributed by atoms with Gasteiger partial charge in [-0.25, -0.2) is 4.68 Å². The van der Waals surface area contributed by atoms with Crippen molar-refractivity contribution in [3.63, 3.8) is 0 Å². The summed E-state index contributed by atoms with van der Waals surface area (Å²) in [7, 11) is 0. The third kappa shape index (κ3) is 3.04. The van der Waals surface area contributed by atoms with Gasteiger partial charge in [-0.2, -0.15) is 5.10 Å². The van der Waals surface area contributed by atoms with Crippen LogP contribution in [-0.2, 0) is 6.54 Å². The molecule has 3 heteroatoms. The van der Waals surface area contributed by atoms with Crippen LogP contribution in [0.1, 0.15) is 25.3 Å². The van der Waals surface area contributed by atoms with Crippen LogP contribution < -0.4 is 0 Å². The van der Waals surface area contributed by atoms with E-state index in [4.69, 9.17) is 0 Å². The summed E-state index contributed by atoms with van der Waals surface area (Å²) in [5.41, 5.74) is 2.43. The molecule has 1 aromatic carbocycles. The fourth-order valence-corrected chi connectivity index (χ4v) is 2.85. The Morgan fingerprint density at radius 3 is 2.89 bits per heavy atom. The molecule has 0 saturated carbocycles. The fourth-order valence-electron chi connectivity index (χ4n) is 2.85. The molecular formula is C16H21N3. The van der Waals surface area contributed by atoms with E-state index < -0.39 is 0 Å². The Labute approximate surface area is 114 Å². The van der Waals surface area contributed by atoms with Gasteiger partial charge in [-0.15, -0.1) is 0 Å². The molecule has 1 saturated heterocycles. The van der Waals surface area contributed by atoms with Crippen molar-refractivity contribution < 1.29 is 0 Å². The van der Waals surface area contributed by atoms with E-state index >= 15 is 0 Å². The summed E-state index contributed by atoms with van der Waals surface area (Å²) in [6.45, 7) is 5.81. The van der Waals surface area contributed by atoms with Gasteiger partial charge in [0.15, 0.2) is 0 Å². The maximum absolute atomic E-state index is 4.46. The van der Waals surface area contributed by atoms with E-state index in [-0.39, 0.29) is 0 Å². The maximum atomic E-state index is 4.46. The number of piperidine rings is 1. The first-order valence-corrected chi connectivity index (χ1v) is 7.12. The van der Waals surface area contributed by atoms with Gasteiger partial charge >= 0.3 is 0 Å². The molecule has 3 nitrogen and oxygen atoms in total. The summed E-state index contributed by atoms with van der Waals surface area (Å²) in [5, 5.41) is 4.46. The highest BCUT2D eigenvalue weighted by Crippen LogP contribution is 2.18. The van der Waals surface area contributed by atoms with E-state index in [0.29, 0.717) is 0 Å². The van der Waals surface area contributed by atoms with Crippen molar-refractivity contribution in [3.8, 4) is 5.69 Å². The molecule has 19 heavy (non-hydrogen) atoms. The molecule has 1 aromatic heterocycles. The van der Waals surface area contributed by atoms with E-state index in [1.54, 1.807) is 0 Å². The second-order valence-electron chi connectivity index (χ2n) is 5.61. The largest absolute Gasteiger partial charge is 0.299 e. The first kappa shape index (κ1) is 12.4. The standard InChI is InChI=1S/C16H21N3/c1-14-6-5-9-18(11-14)12-15-10-17-19(13-15)16-7-3-2-4-8-16/h2-4,7-8,10,13-14H,5-6,9,11-12H2,1H3. The van der Waals surface area contributed by atoms with E-state index in [1.807, 2.05) is 29.1 Å². The average Bonchev–Trinajstić information content (AvgIpc) is 2.88. The second kappa shape index (κ2) is 5.57. The van der Waals surface area contributed by atoms with Crippen LogP contribution in [0.25, 0.3) is 5.69 Å². The Kier molecular flexibility index (Phi) is 3.65. The Morgan fingerprint density at radius 1 is 1.26 bits per heavy atom. The summed E-state index contributed by atoms with van der Waals surface area (Å²) in [6, 6.07) is 10.3. The van der Waals surface area contributed by atoms with E-state index in [1.165, 1.54) is 31.5 Å². The van der Waals surface area contributed by atoms with Crippen molar-refractivity contribution in [2.24, 2.45) is 5.92 Å². The monoisotopic (exact) mass is 255 g/mol. The quantitative estimate of drug-likeness (QED) is 0.840. The van der Waals surface area contributed by atoms with Crippen molar-refractivity contribution in [3.05, 3.63) is 48.3 Å². The lowest BCUT2D eigenvalue weighted by molar-refractivity contribution is 0.176. The molecule has 2 heterocycles. The summed E-state index contributed by atoms with van der Waals surface area (Å²) >= 11 is 0. The first-order valence-electron chi connectivity index (χ1n) is 7.12. The number of hydrogen-bond acceptors (Lipinski definition) is 2. The molecular weight excluding hydrogens is 234 g/mol. The number of hydrogen-bond donors (Lipinski definition) is 0. The van der Waals surface area contributed by atoms with Crippen LogP contribution in [-0.4, -0.2) is 27.8 Å². The molecule has 2 aromatic rings. The van der Waals surface area contributed by atoms with Crippen LogP contribution in [0, 0.1) is 5.92 Å². The smallest absolute Gasteiger partial charge is 0.0645 e. The molecule has 0 amide bonds. The number of benzene rings is 1. The van der Waals surface area contributed by atoms with Gasteiger partial charge in [-0.1, -0.05) is 25.1 Å². The number of likely N-dealkylation sites (tertiary alicyclic amines) is 1. The van der Waals surface area contributed by atoms with Crippen LogP contribution in [0.15, 0.2) is 42.7 Å². The topological polar surface area (TPSA) is 21.1 Å². The third-order valence-corrected chi connectivity index (χ3v) is 3.80. The summed E-state index contributed by atoms with van der Waals surface area (Å²) in [6.07, 6.45) is 6.84. The van der Waals surface area contributed by atoms with Gasteiger partial charge < -0.3 is 0 Å². The summed E-state index contributed by atoms with van der Waals surface area (Å²) in [4.78, 5) is 2.54. The Balaban J connectivity index is 1.68. The molecule has 100 valence electrons. The third-order valence-electron chi connectivity index (χ3n) is 3.80. The van der Waals surface area contributed by atoms with Gasteiger partial charge in [-0.3, -0.25) is 4.90 Å². The van der Waals surface area contributed by atoms with Crippen molar-refractivity contribution >= 4 is 0 Å². The van der Waals surface area contributed by atoms with E-state index in [0.717, 1.165) is 18.2 Å². The van der Waals surface area contributed by atoms with Crippen molar-refractivity contribution in [2.75, 3.05) is 13.1 Å². The van der Waals surface area contributed by atoms with Gasteiger partial charge in [0.05, 0.1) is 11.9 Å². The van der Waals surface area contributed by atoms with Crippen LogP contribution >= 0.6 is 0 Å². The number of rotatable bonds is 3. The zero-order valence-electron chi connectivity index (χ0n) is 11.5. The van der Waals surface area contributed by atoms with Crippen LogP contribution in [0.5, 0.6) is 0 Å². The molecule has 1 atom stereocenters. The number of nitrogens with zero attached hydrogens (tertiary/aromatic N) is 3. The molecule has 1 aliphatic rings. The fraction of sp³-hybridized carbons (Fsp3) is 0.438. The molecule has 1 unspecified atom stereocenters. The van der Waals surface area contributed by atoms with Crippen LogP contribution in [0.4, 0.5) is 0 Å². The highest BCUT2D eigenvalue weighted by Gasteiger charge is 2.16. The van der Waals surface area contributed by atoms with Crippen LogP contribution in [0.3, 0.4) is 0 Å². The molecule has 0 aliphatic carbocycles. The molecule has 0 radical (unpaired) electrons. The molecule has 1 aliphatic heterocycles. The second-order valence-corrected chi connectivity index (χ2v) is 5.61. The van der Waals surface area contributed by atoms with Gasteiger partial charge in [0.25, 0.3) is 0 Å². The Bertz CT molecular complexity index is 518. The average molecular weight is 255 g/mol. The lowest BCUT2D eigenvalue weighted by atomic mass is 10.0. The maximum Gasteiger partial charge on any atom is 0.0645 e. The highest BCUT2D eigenvalue weighted by atomic mass is 15.3. The lowest BCUT2D eigenvalue weighted by Crippen LogP contribution is -2.33. The Morgan fingerprint density at radius 2 is 2.11 bits per heavy atom. The van der Waals surface area contributed by atoms with E-state index in [9.17, 15) is 0 Å². The predicted molar refractivity (Wildman–Crippen MR) is 77.2 cm³/mol. The SMILES string of the molecule is CC1CCCN(Cc2cnn(-c3ccccc3)c2)C1. The lowest BCUT2D eigenvalue weighted by Gasteiger charge is -2.30. The highest BCUT2D eigenvalue weighted by molar-refractivity contribution is 5.30. The van der Waals surface area contributed by atoms with Crippen molar-refractivity contribution in [2.45, 2.75) is 26.3 Å². The Hall–Kier alpha value is -1.61. The number of para-hydroxylation sites is 1. The zero-order chi connectivity index (χ0) is 13.1. The summed E-state index contributed by atoms with van der Waals surface area (Å²) < 4.78 is 1.96. The predicted octanol–water partition coefficient (Wildman–Crippen LogP) is 3.10.